The molecule has 0 heterocycles. The number of benzene rings is 2. The van der Waals surface area contributed by atoms with E-state index in [0.29, 0.717) is 10.7 Å². The molecule has 0 atom stereocenters. The van der Waals surface area contributed by atoms with Gasteiger partial charge in [-0.05, 0) is 31.2 Å². The van der Waals surface area contributed by atoms with Gasteiger partial charge in [0.25, 0.3) is 15.7 Å². The molecule has 0 saturated carbocycles. The Kier molecular flexibility index (Phi) is 4.68. The van der Waals surface area contributed by atoms with Crippen molar-refractivity contribution in [2.24, 2.45) is 0 Å². The molecule has 0 aliphatic carbocycles. The molecular formula is C14H13ClN2O4S. The van der Waals surface area contributed by atoms with Crippen LogP contribution in [0.1, 0.15) is 6.92 Å². The fourth-order valence-corrected chi connectivity index (χ4v) is 3.70. The Hall–Kier alpha value is -2.12. The van der Waals surface area contributed by atoms with Crippen molar-refractivity contribution in [3.63, 3.8) is 0 Å². The molecule has 0 saturated heterocycles. The minimum atomic E-state index is -3.91. The highest BCUT2D eigenvalue weighted by Gasteiger charge is 2.25. The summed E-state index contributed by atoms with van der Waals surface area (Å²) < 4.78 is 26.6. The second-order valence-electron chi connectivity index (χ2n) is 4.40. The summed E-state index contributed by atoms with van der Waals surface area (Å²) in [6.45, 7) is 1.85. The number of hydrogen-bond acceptors (Lipinski definition) is 4. The normalized spacial score (nSPS) is 11.2. The summed E-state index contributed by atoms with van der Waals surface area (Å²) in [6.07, 6.45) is 0. The molecule has 2 aromatic carbocycles. The number of nitro groups is 1. The molecule has 0 bridgehead atoms. The number of sulfonamides is 1. The lowest BCUT2D eigenvalue weighted by Crippen LogP contribution is -2.30. The van der Waals surface area contributed by atoms with Crippen molar-refractivity contribution in [2.45, 2.75) is 11.8 Å². The average molecular weight is 341 g/mol. The van der Waals surface area contributed by atoms with Gasteiger partial charge in [0.15, 0.2) is 0 Å². The number of rotatable bonds is 5. The van der Waals surface area contributed by atoms with E-state index >= 15 is 0 Å². The summed E-state index contributed by atoms with van der Waals surface area (Å²) in [6, 6.07) is 11.4. The first-order chi connectivity index (χ1) is 10.4. The molecule has 2 aromatic rings. The lowest BCUT2D eigenvalue weighted by atomic mass is 10.3. The molecule has 8 heteroatoms. The van der Waals surface area contributed by atoms with Gasteiger partial charge >= 0.3 is 0 Å². The van der Waals surface area contributed by atoms with Gasteiger partial charge in [-0.1, -0.05) is 23.7 Å². The highest BCUT2D eigenvalue weighted by Crippen LogP contribution is 2.27. The minimum absolute atomic E-state index is 0.136. The van der Waals surface area contributed by atoms with Crippen molar-refractivity contribution in [3.05, 3.63) is 63.7 Å². The van der Waals surface area contributed by atoms with Crippen LogP contribution in [0.2, 0.25) is 5.02 Å². The zero-order valence-electron chi connectivity index (χ0n) is 11.6. The molecule has 0 unspecified atom stereocenters. The van der Waals surface area contributed by atoms with Gasteiger partial charge in [-0.2, -0.15) is 0 Å². The van der Waals surface area contributed by atoms with E-state index in [0.717, 1.165) is 10.4 Å². The van der Waals surface area contributed by atoms with Crippen LogP contribution in [-0.4, -0.2) is 19.9 Å². The third-order valence-electron chi connectivity index (χ3n) is 3.00. The van der Waals surface area contributed by atoms with E-state index in [2.05, 4.69) is 0 Å². The van der Waals surface area contributed by atoms with Crippen LogP contribution >= 0.6 is 11.6 Å². The van der Waals surface area contributed by atoms with Crippen LogP contribution in [-0.2, 0) is 10.0 Å². The Balaban J connectivity index is 2.52. The maximum Gasteiger partial charge on any atom is 0.270 e. The van der Waals surface area contributed by atoms with E-state index in [-0.39, 0.29) is 17.1 Å². The van der Waals surface area contributed by atoms with Gasteiger partial charge in [-0.15, -0.1) is 0 Å². The molecule has 0 fully saturated rings. The third-order valence-corrected chi connectivity index (χ3v) is 5.13. The van der Waals surface area contributed by atoms with E-state index in [9.17, 15) is 18.5 Å². The van der Waals surface area contributed by atoms with Crippen molar-refractivity contribution in [1.82, 2.24) is 0 Å². The van der Waals surface area contributed by atoms with E-state index in [1.54, 1.807) is 25.1 Å². The molecule has 0 amide bonds. The molecule has 0 aromatic heterocycles. The minimum Gasteiger partial charge on any atom is -0.267 e. The Morgan fingerprint density at radius 2 is 1.86 bits per heavy atom. The van der Waals surface area contributed by atoms with Crippen LogP contribution in [0.25, 0.3) is 0 Å². The Labute approximate surface area is 133 Å². The Morgan fingerprint density at radius 3 is 2.45 bits per heavy atom. The SMILES string of the molecule is CCN(c1cccc(Cl)c1)S(=O)(=O)c1cccc([N+](=O)[O-])c1. The standard InChI is InChI=1S/C14H13ClN2O4S/c1-2-16(12-6-3-5-11(15)9-12)22(20,21)14-8-4-7-13(10-14)17(18)19/h3-10H,2H2,1H3. The highest BCUT2D eigenvalue weighted by atomic mass is 35.5. The van der Waals surface area contributed by atoms with Gasteiger partial charge < -0.3 is 0 Å². The molecule has 6 nitrogen and oxygen atoms in total. The summed E-state index contributed by atoms with van der Waals surface area (Å²) in [4.78, 5) is 10.0. The van der Waals surface area contributed by atoms with Crippen LogP contribution in [0.15, 0.2) is 53.4 Å². The van der Waals surface area contributed by atoms with Gasteiger partial charge in [0.05, 0.1) is 15.5 Å². The fraction of sp³-hybridized carbons (Fsp3) is 0.143. The van der Waals surface area contributed by atoms with Gasteiger partial charge in [0, 0.05) is 23.7 Å². The molecular weight excluding hydrogens is 328 g/mol. The zero-order valence-corrected chi connectivity index (χ0v) is 13.2. The molecule has 0 N–H and O–H groups in total. The lowest BCUT2D eigenvalue weighted by Gasteiger charge is -2.23. The van der Waals surface area contributed by atoms with Crippen molar-refractivity contribution in [2.75, 3.05) is 10.8 Å². The summed E-state index contributed by atoms with van der Waals surface area (Å²) in [5, 5.41) is 11.2. The van der Waals surface area contributed by atoms with Gasteiger partial charge in [-0.25, -0.2) is 8.42 Å². The summed E-state index contributed by atoms with van der Waals surface area (Å²) in [5.41, 5.74) is 0.129. The van der Waals surface area contributed by atoms with Gasteiger partial charge in [-0.3, -0.25) is 14.4 Å². The summed E-state index contributed by atoms with van der Waals surface area (Å²) in [5.74, 6) is 0. The zero-order chi connectivity index (χ0) is 16.3. The van der Waals surface area contributed by atoms with E-state index in [1.165, 1.54) is 24.3 Å². The van der Waals surface area contributed by atoms with Crippen LogP contribution in [0, 0.1) is 10.1 Å². The highest BCUT2D eigenvalue weighted by molar-refractivity contribution is 7.92. The fourth-order valence-electron chi connectivity index (χ4n) is 2.01. The molecule has 0 radical (unpaired) electrons. The Bertz CT molecular complexity index is 808. The van der Waals surface area contributed by atoms with Gasteiger partial charge in [0.2, 0.25) is 0 Å². The number of nitro benzene ring substituents is 1. The average Bonchev–Trinajstić information content (AvgIpc) is 2.48. The van der Waals surface area contributed by atoms with Crippen molar-refractivity contribution >= 4 is 33.0 Å². The number of hydrogen-bond donors (Lipinski definition) is 0. The first-order valence-corrected chi connectivity index (χ1v) is 8.21. The maximum atomic E-state index is 12.7. The predicted octanol–water partition coefficient (Wildman–Crippen LogP) is 3.46. The van der Waals surface area contributed by atoms with E-state index < -0.39 is 14.9 Å². The molecule has 116 valence electrons. The number of nitrogens with zero attached hydrogens (tertiary/aromatic N) is 2. The summed E-state index contributed by atoms with van der Waals surface area (Å²) >= 11 is 5.90. The van der Waals surface area contributed by atoms with E-state index in [4.69, 9.17) is 11.6 Å². The molecule has 0 aliphatic rings. The molecule has 0 aliphatic heterocycles. The van der Waals surface area contributed by atoms with E-state index in [1.807, 2.05) is 0 Å². The molecule has 2 rings (SSSR count). The predicted molar refractivity (Wildman–Crippen MR) is 84.8 cm³/mol. The van der Waals surface area contributed by atoms with Crippen LogP contribution in [0.5, 0.6) is 0 Å². The number of non-ortho nitro benzene ring substituents is 1. The largest absolute Gasteiger partial charge is 0.270 e. The van der Waals surface area contributed by atoms with Crippen LogP contribution in [0.3, 0.4) is 0 Å². The second kappa shape index (κ2) is 6.33. The third kappa shape index (κ3) is 3.20. The number of halogens is 1. The number of anilines is 1. The van der Waals surface area contributed by atoms with Crippen LogP contribution < -0.4 is 4.31 Å². The Morgan fingerprint density at radius 1 is 1.18 bits per heavy atom. The summed E-state index contributed by atoms with van der Waals surface area (Å²) in [7, 11) is -3.91. The van der Waals surface area contributed by atoms with Crippen molar-refractivity contribution in [3.8, 4) is 0 Å². The monoisotopic (exact) mass is 340 g/mol. The molecule has 22 heavy (non-hydrogen) atoms. The van der Waals surface area contributed by atoms with Gasteiger partial charge in [0.1, 0.15) is 0 Å². The second-order valence-corrected chi connectivity index (χ2v) is 6.70. The first kappa shape index (κ1) is 16.3. The smallest absolute Gasteiger partial charge is 0.267 e. The maximum absolute atomic E-state index is 12.7. The van der Waals surface area contributed by atoms with Crippen molar-refractivity contribution in [1.29, 1.82) is 0 Å². The first-order valence-electron chi connectivity index (χ1n) is 6.39. The topological polar surface area (TPSA) is 80.5 Å². The quantitative estimate of drug-likeness (QED) is 0.616. The van der Waals surface area contributed by atoms with Crippen LogP contribution in [0.4, 0.5) is 11.4 Å². The molecule has 0 spiro atoms. The van der Waals surface area contributed by atoms with Crippen molar-refractivity contribution < 1.29 is 13.3 Å². The lowest BCUT2D eigenvalue weighted by molar-refractivity contribution is -0.385.